The molecule has 2 heteroatoms. The molecule has 1 aromatic heterocycles. The van der Waals surface area contributed by atoms with Gasteiger partial charge in [-0.3, -0.25) is 0 Å². The van der Waals surface area contributed by atoms with Crippen molar-refractivity contribution in [1.82, 2.24) is 4.57 Å². The Labute approximate surface area is 505 Å². The second-order valence-corrected chi connectivity index (χ2v) is 24.6. The lowest BCUT2D eigenvalue weighted by Gasteiger charge is -2.28. The monoisotopic (exact) mass is 1100 g/mol. The van der Waals surface area contributed by atoms with Crippen molar-refractivity contribution in [1.29, 1.82) is 0 Å². The molecule has 0 unspecified atom stereocenters. The molecule has 1 aliphatic rings. The standard InChI is InChI=1S/C83H78N2/c1-6-7-8-9-10-11-12-13-14-16-24-60-33-35-63(36-34-60)65-27-23-28-66(53-65)68-49-58(2)50-69(54-68)70-51-59(3)52-74(55-70)85-81-32-22-20-30-77(81)78-56-67(41-48-82(78)85)64-39-44-72(45-40-64)84(71-42-37-62(38-43-71)61-25-17-15-18-26-61)73-46-47-76-75-29-19-21-31-79(75)83(4,5)80(76)57-73/h15,17-23,25-57H,6-14,16,24H2,1-5H3. The molecule has 85 heavy (non-hydrogen) atoms. The number of rotatable bonds is 20. The summed E-state index contributed by atoms with van der Waals surface area (Å²) in [6.45, 7) is 11.5. The third-order valence-electron chi connectivity index (χ3n) is 18.2. The van der Waals surface area contributed by atoms with Gasteiger partial charge in [0.15, 0.2) is 0 Å². The van der Waals surface area contributed by atoms with Crippen molar-refractivity contribution in [3.8, 4) is 72.4 Å². The van der Waals surface area contributed by atoms with E-state index in [1.54, 1.807) is 0 Å². The summed E-state index contributed by atoms with van der Waals surface area (Å²) in [4.78, 5) is 2.42. The van der Waals surface area contributed by atoms with E-state index in [1.165, 1.54) is 181 Å². The highest BCUT2D eigenvalue weighted by Crippen LogP contribution is 2.51. The zero-order chi connectivity index (χ0) is 57.9. The summed E-state index contributed by atoms with van der Waals surface area (Å²) < 4.78 is 2.47. The minimum absolute atomic E-state index is 0.114. The maximum absolute atomic E-state index is 2.47. The SMILES string of the molecule is CCCCCCCCCCCCc1ccc(-c2cccc(-c3cc(C)cc(-c4cc(C)cc(-n5c6ccccc6c6cc(-c7ccc(N(c8ccc(-c9ccccc9)cc8)c8ccc9c(c8)C(C)(C)c8ccccc8-9)cc7)ccc65)c4)c3)c2)cc1. The Morgan fingerprint density at radius 1 is 0.329 bits per heavy atom. The van der Waals surface area contributed by atoms with Gasteiger partial charge in [0.25, 0.3) is 0 Å². The van der Waals surface area contributed by atoms with Crippen molar-refractivity contribution in [2.45, 2.75) is 111 Å². The number of fused-ring (bicyclic) bond motifs is 6. The van der Waals surface area contributed by atoms with Crippen LogP contribution in [0.4, 0.5) is 17.1 Å². The molecular weight excluding hydrogens is 1020 g/mol. The van der Waals surface area contributed by atoms with Gasteiger partial charge in [-0.2, -0.15) is 0 Å². The Morgan fingerprint density at radius 2 is 0.812 bits per heavy atom. The molecule has 0 atom stereocenters. The fraction of sp³-hybridized carbons (Fsp3) is 0.205. The number of aryl methyl sites for hydroxylation is 3. The lowest BCUT2D eigenvalue weighted by molar-refractivity contribution is 0.556. The maximum atomic E-state index is 2.47. The number of hydrogen-bond donors (Lipinski definition) is 0. The number of anilines is 3. The van der Waals surface area contributed by atoms with Gasteiger partial charge < -0.3 is 9.47 Å². The molecule has 11 aromatic carbocycles. The zero-order valence-electron chi connectivity index (χ0n) is 50.3. The Balaban J connectivity index is 0.769. The van der Waals surface area contributed by atoms with Crippen LogP contribution in [0.5, 0.6) is 0 Å². The third-order valence-corrected chi connectivity index (χ3v) is 18.2. The average Bonchev–Trinajstić information content (AvgIpc) is 2.01. The fourth-order valence-electron chi connectivity index (χ4n) is 13.7. The molecule has 0 saturated carbocycles. The highest BCUT2D eigenvalue weighted by molar-refractivity contribution is 6.10. The van der Waals surface area contributed by atoms with Crippen LogP contribution in [0.15, 0.2) is 249 Å². The fourth-order valence-corrected chi connectivity index (χ4v) is 13.7. The van der Waals surface area contributed by atoms with Crippen LogP contribution in [0, 0.1) is 13.8 Å². The minimum atomic E-state index is -0.114. The summed E-state index contributed by atoms with van der Waals surface area (Å²) in [7, 11) is 0. The number of unbranched alkanes of at least 4 members (excludes halogenated alkanes) is 9. The molecule has 0 amide bonds. The Kier molecular flexibility index (Phi) is 15.8. The molecule has 2 nitrogen and oxygen atoms in total. The van der Waals surface area contributed by atoms with Gasteiger partial charge in [0.05, 0.1) is 11.0 Å². The molecule has 0 radical (unpaired) electrons. The number of para-hydroxylation sites is 1. The molecule has 0 spiro atoms. The lowest BCUT2D eigenvalue weighted by atomic mass is 9.82. The van der Waals surface area contributed by atoms with E-state index in [2.05, 4.69) is 293 Å². The van der Waals surface area contributed by atoms with E-state index in [-0.39, 0.29) is 5.41 Å². The van der Waals surface area contributed by atoms with Gasteiger partial charge >= 0.3 is 0 Å². The topological polar surface area (TPSA) is 8.17 Å². The quantitative estimate of drug-likeness (QED) is 0.0691. The molecule has 0 fully saturated rings. The van der Waals surface area contributed by atoms with Crippen LogP contribution in [0.1, 0.15) is 113 Å². The number of benzene rings is 11. The van der Waals surface area contributed by atoms with E-state index in [4.69, 9.17) is 0 Å². The first-order valence-corrected chi connectivity index (χ1v) is 31.4. The van der Waals surface area contributed by atoms with Crippen LogP contribution in [-0.4, -0.2) is 4.57 Å². The second-order valence-electron chi connectivity index (χ2n) is 24.6. The van der Waals surface area contributed by atoms with Gasteiger partial charge in [-0.25, -0.2) is 0 Å². The molecule has 0 bridgehead atoms. The largest absolute Gasteiger partial charge is 0.310 e. The van der Waals surface area contributed by atoms with Crippen LogP contribution in [-0.2, 0) is 11.8 Å². The maximum Gasteiger partial charge on any atom is 0.0541 e. The normalized spacial score (nSPS) is 12.4. The molecule has 12 aromatic rings. The smallest absolute Gasteiger partial charge is 0.0541 e. The van der Waals surface area contributed by atoms with E-state index in [9.17, 15) is 0 Å². The molecule has 13 rings (SSSR count). The number of hydrogen-bond acceptors (Lipinski definition) is 1. The van der Waals surface area contributed by atoms with Gasteiger partial charge in [-0.05, 0) is 200 Å². The summed E-state index contributed by atoms with van der Waals surface area (Å²) in [6.07, 6.45) is 14.9. The minimum Gasteiger partial charge on any atom is -0.310 e. The molecular formula is C83H78N2. The van der Waals surface area contributed by atoms with Gasteiger partial charge in [-0.1, -0.05) is 248 Å². The zero-order valence-corrected chi connectivity index (χ0v) is 50.3. The first-order chi connectivity index (χ1) is 41.7. The van der Waals surface area contributed by atoms with Gasteiger partial charge in [0.2, 0.25) is 0 Å². The van der Waals surface area contributed by atoms with Gasteiger partial charge in [0, 0.05) is 38.9 Å². The Hall–Kier alpha value is -8.98. The van der Waals surface area contributed by atoms with Crippen LogP contribution < -0.4 is 4.90 Å². The van der Waals surface area contributed by atoms with Crippen molar-refractivity contribution in [3.63, 3.8) is 0 Å². The van der Waals surface area contributed by atoms with Crippen LogP contribution >= 0.6 is 0 Å². The van der Waals surface area contributed by atoms with Crippen molar-refractivity contribution in [2.75, 3.05) is 4.90 Å². The lowest BCUT2D eigenvalue weighted by Crippen LogP contribution is -2.16. The molecule has 1 aliphatic carbocycles. The number of nitrogens with zero attached hydrogens (tertiary/aromatic N) is 2. The van der Waals surface area contributed by atoms with Crippen molar-refractivity contribution in [3.05, 3.63) is 277 Å². The van der Waals surface area contributed by atoms with Crippen LogP contribution in [0.25, 0.3) is 94.3 Å². The van der Waals surface area contributed by atoms with E-state index >= 15 is 0 Å². The van der Waals surface area contributed by atoms with Crippen LogP contribution in [0.3, 0.4) is 0 Å². The van der Waals surface area contributed by atoms with Crippen molar-refractivity contribution >= 4 is 38.9 Å². The molecule has 420 valence electrons. The van der Waals surface area contributed by atoms with Crippen LogP contribution in [0.2, 0.25) is 0 Å². The number of aromatic nitrogens is 1. The molecule has 0 saturated heterocycles. The second kappa shape index (κ2) is 24.3. The predicted octanol–water partition coefficient (Wildman–Crippen LogP) is 24.0. The summed E-state index contributed by atoms with van der Waals surface area (Å²) in [5.41, 5.74) is 28.4. The van der Waals surface area contributed by atoms with Crippen molar-refractivity contribution in [2.24, 2.45) is 0 Å². The first kappa shape index (κ1) is 55.2. The summed E-state index contributed by atoms with van der Waals surface area (Å²) >= 11 is 0. The molecule has 0 aliphatic heterocycles. The summed E-state index contributed by atoms with van der Waals surface area (Å²) in [6, 6.07) is 93.3. The van der Waals surface area contributed by atoms with Crippen molar-refractivity contribution < 1.29 is 0 Å². The van der Waals surface area contributed by atoms with E-state index in [0.29, 0.717) is 0 Å². The Morgan fingerprint density at radius 3 is 1.52 bits per heavy atom. The highest BCUT2D eigenvalue weighted by atomic mass is 15.1. The first-order valence-electron chi connectivity index (χ1n) is 31.4. The van der Waals surface area contributed by atoms with E-state index in [1.807, 2.05) is 0 Å². The third kappa shape index (κ3) is 11.4. The average molecular weight is 1100 g/mol. The summed E-state index contributed by atoms with van der Waals surface area (Å²) in [5.74, 6) is 0. The van der Waals surface area contributed by atoms with Gasteiger partial charge in [0.1, 0.15) is 0 Å². The summed E-state index contributed by atoms with van der Waals surface area (Å²) in [5, 5.41) is 2.48. The highest BCUT2D eigenvalue weighted by Gasteiger charge is 2.36. The molecule has 0 N–H and O–H groups in total. The van der Waals surface area contributed by atoms with E-state index < -0.39 is 0 Å². The Bertz CT molecular complexity index is 4310. The molecule has 1 heterocycles. The van der Waals surface area contributed by atoms with Gasteiger partial charge in [-0.15, -0.1) is 0 Å². The van der Waals surface area contributed by atoms with E-state index in [0.717, 1.165) is 29.2 Å². The predicted molar refractivity (Wildman–Crippen MR) is 365 cm³/mol.